The van der Waals surface area contributed by atoms with Gasteiger partial charge in [0.2, 0.25) is 0 Å². The van der Waals surface area contributed by atoms with Crippen LogP contribution in [0.15, 0.2) is 0 Å². The molecule has 2 nitrogen and oxygen atoms in total. The minimum Gasteiger partial charge on any atom is -0.315 e. The summed E-state index contributed by atoms with van der Waals surface area (Å²) < 4.78 is 38.2. The number of piperidine rings is 1. The standard InChI is InChI=1S/C13H25F3N2/c1-12(2,3)11(17-4)9-18-7-5-6-10(8-18)13(14,15)16/h10-11,17H,5-9H2,1-4H3. The zero-order chi connectivity index (χ0) is 14.0. The van der Waals surface area contributed by atoms with Crippen molar-refractivity contribution in [2.24, 2.45) is 11.3 Å². The molecule has 5 heteroatoms. The summed E-state index contributed by atoms with van der Waals surface area (Å²) in [6, 6.07) is 0.212. The average Bonchev–Trinajstić information content (AvgIpc) is 2.23. The molecule has 0 aliphatic carbocycles. The van der Waals surface area contributed by atoms with Gasteiger partial charge in [-0.25, -0.2) is 0 Å². The van der Waals surface area contributed by atoms with Crippen LogP contribution in [0.2, 0.25) is 0 Å². The number of rotatable bonds is 3. The van der Waals surface area contributed by atoms with Crippen LogP contribution in [-0.4, -0.2) is 43.8 Å². The van der Waals surface area contributed by atoms with E-state index in [0.717, 1.165) is 6.54 Å². The molecule has 1 aliphatic heterocycles. The van der Waals surface area contributed by atoms with E-state index >= 15 is 0 Å². The van der Waals surface area contributed by atoms with E-state index in [1.807, 2.05) is 11.9 Å². The van der Waals surface area contributed by atoms with E-state index in [1.165, 1.54) is 0 Å². The minimum atomic E-state index is -4.05. The highest BCUT2D eigenvalue weighted by molar-refractivity contribution is 4.85. The first-order valence-corrected chi connectivity index (χ1v) is 6.61. The van der Waals surface area contributed by atoms with Crippen molar-refractivity contribution in [3.05, 3.63) is 0 Å². The topological polar surface area (TPSA) is 15.3 Å². The highest BCUT2D eigenvalue weighted by Gasteiger charge is 2.42. The van der Waals surface area contributed by atoms with Gasteiger partial charge in [-0.3, -0.25) is 0 Å². The third-order valence-electron chi connectivity index (χ3n) is 3.80. The third kappa shape index (κ3) is 4.43. The van der Waals surface area contributed by atoms with Gasteiger partial charge >= 0.3 is 6.18 Å². The van der Waals surface area contributed by atoms with E-state index in [0.29, 0.717) is 13.0 Å². The fourth-order valence-corrected chi connectivity index (χ4v) is 2.54. The molecule has 0 radical (unpaired) electrons. The highest BCUT2D eigenvalue weighted by atomic mass is 19.4. The summed E-state index contributed by atoms with van der Waals surface area (Å²) in [6.07, 6.45) is -3.12. The fourth-order valence-electron chi connectivity index (χ4n) is 2.54. The first-order chi connectivity index (χ1) is 8.14. The van der Waals surface area contributed by atoms with Crippen molar-refractivity contribution in [3.63, 3.8) is 0 Å². The molecule has 2 unspecified atom stereocenters. The van der Waals surface area contributed by atoms with Gasteiger partial charge in [0.15, 0.2) is 0 Å². The summed E-state index contributed by atoms with van der Waals surface area (Å²) in [4.78, 5) is 1.95. The van der Waals surface area contributed by atoms with Crippen LogP contribution in [0.5, 0.6) is 0 Å². The second kappa shape index (κ2) is 5.78. The van der Waals surface area contributed by atoms with E-state index < -0.39 is 12.1 Å². The third-order valence-corrected chi connectivity index (χ3v) is 3.80. The molecule has 2 atom stereocenters. The van der Waals surface area contributed by atoms with E-state index in [1.54, 1.807) is 0 Å². The molecule has 0 aromatic heterocycles. The number of nitrogens with zero attached hydrogens (tertiary/aromatic N) is 1. The van der Waals surface area contributed by atoms with Gasteiger partial charge in [-0.1, -0.05) is 20.8 Å². The number of likely N-dealkylation sites (N-methyl/N-ethyl adjacent to an activating group) is 1. The molecular formula is C13H25F3N2. The lowest BCUT2D eigenvalue weighted by atomic mass is 9.85. The van der Waals surface area contributed by atoms with Gasteiger partial charge < -0.3 is 10.2 Å². The lowest BCUT2D eigenvalue weighted by molar-refractivity contribution is -0.187. The Labute approximate surface area is 108 Å². The molecule has 1 aliphatic rings. The molecule has 0 amide bonds. The van der Waals surface area contributed by atoms with Crippen molar-refractivity contribution in [2.75, 3.05) is 26.7 Å². The van der Waals surface area contributed by atoms with Crippen LogP contribution >= 0.6 is 0 Å². The van der Waals surface area contributed by atoms with Crippen LogP contribution in [0.25, 0.3) is 0 Å². The molecule has 0 aromatic carbocycles. The van der Waals surface area contributed by atoms with E-state index in [9.17, 15) is 13.2 Å². The van der Waals surface area contributed by atoms with Crippen LogP contribution in [0.3, 0.4) is 0 Å². The van der Waals surface area contributed by atoms with Gasteiger partial charge in [0.05, 0.1) is 5.92 Å². The quantitative estimate of drug-likeness (QED) is 0.845. The summed E-state index contributed by atoms with van der Waals surface area (Å²) in [5.41, 5.74) is 0.0555. The molecule has 1 rings (SSSR count). The average molecular weight is 266 g/mol. The van der Waals surface area contributed by atoms with Crippen LogP contribution in [0.4, 0.5) is 13.2 Å². The number of hydrogen-bond donors (Lipinski definition) is 1. The number of halogens is 3. The second-order valence-corrected chi connectivity index (χ2v) is 6.35. The van der Waals surface area contributed by atoms with Crippen LogP contribution in [0, 0.1) is 11.3 Å². The fraction of sp³-hybridized carbons (Fsp3) is 1.00. The van der Waals surface area contributed by atoms with E-state index in [4.69, 9.17) is 0 Å². The first-order valence-electron chi connectivity index (χ1n) is 6.61. The maximum atomic E-state index is 12.7. The largest absolute Gasteiger partial charge is 0.393 e. The van der Waals surface area contributed by atoms with Crippen molar-refractivity contribution >= 4 is 0 Å². The van der Waals surface area contributed by atoms with Crippen molar-refractivity contribution < 1.29 is 13.2 Å². The Balaban J connectivity index is 2.57. The summed E-state index contributed by atoms with van der Waals surface area (Å²) in [5.74, 6) is -1.15. The molecular weight excluding hydrogens is 241 g/mol. The number of alkyl halides is 3. The van der Waals surface area contributed by atoms with Crippen molar-refractivity contribution in [1.29, 1.82) is 0 Å². The summed E-state index contributed by atoms with van der Waals surface area (Å²) in [7, 11) is 1.88. The summed E-state index contributed by atoms with van der Waals surface area (Å²) >= 11 is 0. The molecule has 1 heterocycles. The van der Waals surface area contributed by atoms with Crippen LogP contribution in [-0.2, 0) is 0 Å². The van der Waals surface area contributed by atoms with Gasteiger partial charge in [-0.05, 0) is 31.8 Å². The molecule has 18 heavy (non-hydrogen) atoms. The Hall–Kier alpha value is -0.290. The molecule has 0 saturated carbocycles. The number of hydrogen-bond acceptors (Lipinski definition) is 2. The molecule has 0 spiro atoms. The number of nitrogens with one attached hydrogen (secondary N) is 1. The SMILES string of the molecule is CNC(CN1CCCC(C(F)(F)F)C1)C(C)(C)C. The van der Waals surface area contributed by atoms with Gasteiger partial charge in [-0.2, -0.15) is 13.2 Å². The Morgan fingerprint density at radius 3 is 2.33 bits per heavy atom. The Kier molecular flexibility index (Phi) is 5.06. The Morgan fingerprint density at radius 2 is 1.89 bits per heavy atom. The smallest absolute Gasteiger partial charge is 0.315 e. The number of likely N-dealkylation sites (tertiary alicyclic amines) is 1. The lowest BCUT2D eigenvalue weighted by Crippen LogP contribution is -2.51. The molecule has 108 valence electrons. The molecule has 1 N–H and O–H groups in total. The van der Waals surface area contributed by atoms with Gasteiger partial charge in [0.1, 0.15) is 0 Å². The predicted octanol–water partition coefficient (Wildman–Crippen LogP) is 2.89. The minimum absolute atomic E-state index is 0.0555. The maximum absolute atomic E-state index is 12.7. The van der Waals surface area contributed by atoms with Crippen LogP contribution < -0.4 is 5.32 Å². The second-order valence-electron chi connectivity index (χ2n) is 6.35. The van der Waals surface area contributed by atoms with Gasteiger partial charge in [-0.15, -0.1) is 0 Å². The van der Waals surface area contributed by atoms with Crippen molar-refractivity contribution in [1.82, 2.24) is 10.2 Å². The summed E-state index contributed by atoms with van der Waals surface area (Å²) in [6.45, 7) is 7.95. The highest BCUT2D eigenvalue weighted by Crippen LogP contribution is 2.33. The predicted molar refractivity (Wildman–Crippen MR) is 67.5 cm³/mol. The van der Waals surface area contributed by atoms with E-state index in [-0.39, 0.29) is 24.4 Å². The van der Waals surface area contributed by atoms with Gasteiger partial charge in [0.25, 0.3) is 0 Å². The lowest BCUT2D eigenvalue weighted by Gasteiger charge is -2.39. The Bertz CT molecular complexity index is 258. The summed E-state index contributed by atoms with van der Waals surface area (Å²) in [5, 5.41) is 3.22. The molecule has 0 aromatic rings. The normalized spacial score (nSPS) is 25.2. The zero-order valence-electron chi connectivity index (χ0n) is 11.8. The van der Waals surface area contributed by atoms with Crippen molar-refractivity contribution in [3.8, 4) is 0 Å². The molecule has 1 saturated heterocycles. The van der Waals surface area contributed by atoms with E-state index in [2.05, 4.69) is 26.1 Å². The zero-order valence-corrected chi connectivity index (χ0v) is 11.8. The van der Waals surface area contributed by atoms with Crippen LogP contribution in [0.1, 0.15) is 33.6 Å². The molecule has 1 fully saturated rings. The Morgan fingerprint density at radius 1 is 1.28 bits per heavy atom. The maximum Gasteiger partial charge on any atom is 0.393 e. The monoisotopic (exact) mass is 266 g/mol. The first kappa shape index (κ1) is 15.8. The molecule has 0 bridgehead atoms. The van der Waals surface area contributed by atoms with Gasteiger partial charge in [0, 0.05) is 19.1 Å². The van der Waals surface area contributed by atoms with Crippen molar-refractivity contribution in [2.45, 2.75) is 45.8 Å².